The van der Waals surface area contributed by atoms with E-state index in [0.29, 0.717) is 0 Å². The van der Waals surface area contributed by atoms with Crippen LogP contribution in [-0.2, 0) is 6.54 Å². The maximum Gasteiger partial charge on any atom is 0.161 e. The Morgan fingerprint density at radius 2 is 1.82 bits per heavy atom. The molecule has 1 aromatic rings. The Bertz CT molecular complexity index is 318. The molecule has 0 unspecified atom stereocenters. The summed E-state index contributed by atoms with van der Waals surface area (Å²) in [6.07, 6.45) is 2.44. The zero-order valence-corrected chi connectivity index (χ0v) is 11.6. The summed E-state index contributed by atoms with van der Waals surface area (Å²) < 4.78 is 10.4. The van der Waals surface area contributed by atoms with E-state index in [2.05, 4.69) is 18.3 Å². The van der Waals surface area contributed by atoms with Gasteiger partial charge in [-0.25, -0.2) is 0 Å². The van der Waals surface area contributed by atoms with Crippen LogP contribution in [0.25, 0.3) is 0 Å². The molecule has 0 aliphatic carbocycles. The highest BCUT2D eigenvalue weighted by atomic mass is 35.5. The maximum atomic E-state index is 5.25. The van der Waals surface area contributed by atoms with Crippen LogP contribution in [0.4, 0.5) is 0 Å². The van der Waals surface area contributed by atoms with Crippen molar-refractivity contribution in [3.8, 4) is 11.5 Å². The zero-order valence-electron chi connectivity index (χ0n) is 10.8. The first kappa shape index (κ1) is 16.1. The zero-order chi connectivity index (χ0) is 11.8. The third-order valence-corrected chi connectivity index (χ3v) is 2.48. The normalized spacial score (nSPS) is 9.59. The largest absolute Gasteiger partial charge is 0.493 e. The summed E-state index contributed by atoms with van der Waals surface area (Å²) in [5.74, 6) is 1.57. The molecule has 1 rings (SSSR count). The average Bonchev–Trinajstić information content (AvgIpc) is 2.34. The molecule has 0 aliphatic heterocycles. The molecule has 1 aromatic carbocycles. The van der Waals surface area contributed by atoms with Gasteiger partial charge in [-0.15, -0.1) is 12.4 Å². The van der Waals surface area contributed by atoms with E-state index < -0.39 is 0 Å². The van der Waals surface area contributed by atoms with Gasteiger partial charge >= 0.3 is 0 Å². The van der Waals surface area contributed by atoms with Gasteiger partial charge in [-0.3, -0.25) is 0 Å². The van der Waals surface area contributed by atoms with Gasteiger partial charge in [0.1, 0.15) is 0 Å². The van der Waals surface area contributed by atoms with Crippen molar-refractivity contribution in [3.05, 3.63) is 23.8 Å². The fourth-order valence-electron chi connectivity index (χ4n) is 1.53. The Hall–Kier alpha value is -0.930. The Balaban J connectivity index is 0.00000256. The van der Waals surface area contributed by atoms with Crippen molar-refractivity contribution < 1.29 is 9.47 Å². The molecule has 4 heteroatoms. The number of benzene rings is 1. The van der Waals surface area contributed by atoms with Gasteiger partial charge in [0, 0.05) is 6.54 Å². The first-order valence-electron chi connectivity index (χ1n) is 5.73. The van der Waals surface area contributed by atoms with Crippen molar-refractivity contribution >= 4 is 12.4 Å². The molecule has 17 heavy (non-hydrogen) atoms. The van der Waals surface area contributed by atoms with Gasteiger partial charge in [-0.05, 0) is 30.7 Å². The summed E-state index contributed by atoms with van der Waals surface area (Å²) >= 11 is 0. The van der Waals surface area contributed by atoms with Crippen molar-refractivity contribution in [2.75, 3.05) is 20.8 Å². The lowest BCUT2D eigenvalue weighted by Crippen LogP contribution is -2.14. The van der Waals surface area contributed by atoms with Gasteiger partial charge in [0.15, 0.2) is 11.5 Å². The van der Waals surface area contributed by atoms with E-state index in [-0.39, 0.29) is 12.4 Å². The average molecular weight is 260 g/mol. The Kier molecular flexibility index (Phi) is 8.64. The molecular formula is C13H22ClNO2. The molecule has 0 radical (unpaired) electrons. The molecule has 0 spiro atoms. The van der Waals surface area contributed by atoms with Crippen LogP contribution >= 0.6 is 12.4 Å². The number of ether oxygens (including phenoxy) is 2. The highest BCUT2D eigenvalue weighted by molar-refractivity contribution is 5.85. The van der Waals surface area contributed by atoms with Gasteiger partial charge in [0.05, 0.1) is 14.2 Å². The van der Waals surface area contributed by atoms with E-state index in [0.717, 1.165) is 24.6 Å². The lowest BCUT2D eigenvalue weighted by Gasteiger charge is -2.10. The minimum atomic E-state index is 0. The Morgan fingerprint density at radius 3 is 2.41 bits per heavy atom. The molecule has 0 amide bonds. The number of hydrogen-bond acceptors (Lipinski definition) is 3. The predicted octanol–water partition coefficient (Wildman–Crippen LogP) is 3.02. The second kappa shape index (κ2) is 9.14. The van der Waals surface area contributed by atoms with Crippen LogP contribution in [-0.4, -0.2) is 20.8 Å². The summed E-state index contributed by atoms with van der Waals surface area (Å²) in [5, 5.41) is 3.40. The second-order valence-electron chi connectivity index (χ2n) is 3.72. The van der Waals surface area contributed by atoms with Crippen LogP contribution < -0.4 is 14.8 Å². The van der Waals surface area contributed by atoms with E-state index in [9.17, 15) is 0 Å². The first-order valence-corrected chi connectivity index (χ1v) is 5.73. The van der Waals surface area contributed by atoms with Gasteiger partial charge < -0.3 is 14.8 Å². The van der Waals surface area contributed by atoms with Gasteiger partial charge in [0.2, 0.25) is 0 Å². The molecule has 3 nitrogen and oxygen atoms in total. The fourth-order valence-corrected chi connectivity index (χ4v) is 1.53. The lowest BCUT2D eigenvalue weighted by atomic mass is 10.2. The standard InChI is InChI=1S/C13H21NO2.ClH/c1-4-5-8-14-10-11-6-7-12(15-2)13(9-11)16-3;/h6-7,9,14H,4-5,8,10H2,1-3H3;1H. The monoisotopic (exact) mass is 259 g/mol. The van der Waals surface area contributed by atoms with Crippen molar-refractivity contribution in [1.29, 1.82) is 0 Å². The number of halogens is 1. The summed E-state index contributed by atoms with van der Waals surface area (Å²) in [5.41, 5.74) is 1.22. The highest BCUT2D eigenvalue weighted by Crippen LogP contribution is 2.27. The number of rotatable bonds is 7. The Labute approximate surface area is 110 Å². The van der Waals surface area contributed by atoms with Crippen LogP contribution in [0.2, 0.25) is 0 Å². The number of methoxy groups -OCH3 is 2. The minimum absolute atomic E-state index is 0. The van der Waals surface area contributed by atoms with Crippen molar-refractivity contribution in [2.24, 2.45) is 0 Å². The quantitative estimate of drug-likeness (QED) is 0.764. The van der Waals surface area contributed by atoms with Crippen LogP contribution in [0, 0.1) is 0 Å². The predicted molar refractivity (Wildman–Crippen MR) is 73.4 cm³/mol. The van der Waals surface area contributed by atoms with Crippen molar-refractivity contribution in [3.63, 3.8) is 0 Å². The van der Waals surface area contributed by atoms with E-state index in [4.69, 9.17) is 9.47 Å². The number of nitrogens with one attached hydrogen (secondary N) is 1. The van der Waals surface area contributed by atoms with Gasteiger partial charge in [0.25, 0.3) is 0 Å². The SMILES string of the molecule is CCCCNCc1ccc(OC)c(OC)c1.Cl. The van der Waals surface area contributed by atoms with Crippen LogP contribution in [0.5, 0.6) is 11.5 Å². The molecule has 1 N–H and O–H groups in total. The maximum absolute atomic E-state index is 5.25. The molecule has 0 aromatic heterocycles. The number of hydrogen-bond donors (Lipinski definition) is 1. The van der Waals surface area contributed by atoms with E-state index >= 15 is 0 Å². The molecule has 0 aliphatic rings. The van der Waals surface area contributed by atoms with E-state index in [1.807, 2.05) is 12.1 Å². The molecule has 0 heterocycles. The Morgan fingerprint density at radius 1 is 1.12 bits per heavy atom. The summed E-state index contributed by atoms with van der Waals surface area (Å²) in [6, 6.07) is 6.01. The lowest BCUT2D eigenvalue weighted by molar-refractivity contribution is 0.354. The minimum Gasteiger partial charge on any atom is -0.493 e. The molecule has 0 atom stereocenters. The second-order valence-corrected chi connectivity index (χ2v) is 3.72. The molecule has 98 valence electrons. The fraction of sp³-hybridized carbons (Fsp3) is 0.538. The van der Waals surface area contributed by atoms with E-state index in [1.54, 1.807) is 14.2 Å². The molecule has 0 saturated carbocycles. The summed E-state index contributed by atoms with van der Waals surface area (Å²) in [7, 11) is 3.31. The molecule has 0 fully saturated rings. The van der Waals surface area contributed by atoms with E-state index in [1.165, 1.54) is 18.4 Å². The third kappa shape index (κ3) is 5.29. The van der Waals surface area contributed by atoms with Crippen molar-refractivity contribution in [1.82, 2.24) is 5.32 Å². The topological polar surface area (TPSA) is 30.5 Å². The highest BCUT2D eigenvalue weighted by Gasteiger charge is 2.03. The van der Waals surface area contributed by atoms with Crippen LogP contribution in [0.15, 0.2) is 18.2 Å². The molecule has 0 saturated heterocycles. The van der Waals surface area contributed by atoms with Gasteiger partial charge in [-0.2, -0.15) is 0 Å². The summed E-state index contributed by atoms with van der Waals surface area (Å²) in [4.78, 5) is 0. The summed E-state index contributed by atoms with van der Waals surface area (Å²) in [6.45, 7) is 4.13. The third-order valence-electron chi connectivity index (χ3n) is 2.48. The van der Waals surface area contributed by atoms with Gasteiger partial charge in [-0.1, -0.05) is 19.4 Å². The first-order chi connectivity index (χ1) is 7.81. The molecular weight excluding hydrogens is 238 g/mol. The van der Waals surface area contributed by atoms with Crippen LogP contribution in [0.1, 0.15) is 25.3 Å². The van der Waals surface area contributed by atoms with Crippen LogP contribution in [0.3, 0.4) is 0 Å². The molecule has 0 bridgehead atoms. The van der Waals surface area contributed by atoms with Crippen molar-refractivity contribution in [2.45, 2.75) is 26.3 Å². The smallest absolute Gasteiger partial charge is 0.161 e. The number of unbranched alkanes of at least 4 members (excludes halogenated alkanes) is 1.